The second kappa shape index (κ2) is 5.08. The van der Waals surface area contributed by atoms with Crippen LogP contribution < -0.4 is 5.32 Å². The highest BCUT2D eigenvalue weighted by Gasteiger charge is 2.44. The van der Waals surface area contributed by atoms with E-state index in [0.29, 0.717) is 11.3 Å². The third kappa shape index (κ3) is 2.31. The maximum absolute atomic E-state index is 9.98. The SMILES string of the molecule is CNCC1(CN2CC3CCC(O)C3C2)CCOC1. The average molecular weight is 254 g/mol. The Kier molecular flexibility index (Phi) is 3.63. The van der Waals surface area contributed by atoms with Crippen molar-refractivity contribution in [3.8, 4) is 0 Å². The lowest BCUT2D eigenvalue weighted by molar-refractivity contribution is 0.1000. The molecule has 4 heteroatoms. The minimum atomic E-state index is -0.0416. The van der Waals surface area contributed by atoms with Crippen molar-refractivity contribution in [3.05, 3.63) is 0 Å². The van der Waals surface area contributed by atoms with E-state index in [0.717, 1.165) is 45.2 Å². The van der Waals surface area contributed by atoms with Crippen molar-refractivity contribution in [2.24, 2.45) is 17.3 Å². The lowest BCUT2D eigenvalue weighted by Crippen LogP contribution is -2.43. The molecule has 3 aliphatic rings. The van der Waals surface area contributed by atoms with Crippen LogP contribution in [0.1, 0.15) is 19.3 Å². The number of nitrogens with one attached hydrogen (secondary N) is 1. The summed E-state index contributed by atoms with van der Waals surface area (Å²) in [5, 5.41) is 13.3. The lowest BCUT2D eigenvalue weighted by Gasteiger charge is -2.32. The fraction of sp³-hybridized carbons (Fsp3) is 1.00. The van der Waals surface area contributed by atoms with Gasteiger partial charge in [-0.25, -0.2) is 0 Å². The van der Waals surface area contributed by atoms with Gasteiger partial charge < -0.3 is 20.1 Å². The highest BCUT2D eigenvalue weighted by atomic mass is 16.5. The smallest absolute Gasteiger partial charge is 0.0583 e. The molecule has 4 nitrogen and oxygen atoms in total. The van der Waals surface area contributed by atoms with Crippen LogP contribution in [-0.4, -0.2) is 62.6 Å². The van der Waals surface area contributed by atoms with Gasteiger partial charge in [0.25, 0.3) is 0 Å². The molecule has 2 aliphatic heterocycles. The van der Waals surface area contributed by atoms with E-state index in [9.17, 15) is 5.11 Å². The predicted octanol–water partition coefficient (Wildman–Crippen LogP) is 0.315. The Hall–Kier alpha value is -0.160. The Balaban J connectivity index is 1.60. The van der Waals surface area contributed by atoms with Crippen molar-refractivity contribution >= 4 is 0 Å². The van der Waals surface area contributed by atoms with Crippen molar-refractivity contribution in [2.45, 2.75) is 25.4 Å². The number of hydrogen-bond acceptors (Lipinski definition) is 4. The summed E-state index contributed by atoms with van der Waals surface area (Å²) < 4.78 is 5.62. The van der Waals surface area contributed by atoms with Crippen LogP contribution >= 0.6 is 0 Å². The van der Waals surface area contributed by atoms with Gasteiger partial charge in [0.15, 0.2) is 0 Å². The van der Waals surface area contributed by atoms with Gasteiger partial charge in [-0.3, -0.25) is 0 Å². The van der Waals surface area contributed by atoms with E-state index in [4.69, 9.17) is 4.74 Å². The van der Waals surface area contributed by atoms with Crippen LogP contribution in [0.15, 0.2) is 0 Å². The third-order valence-corrected chi connectivity index (χ3v) is 5.19. The molecular weight excluding hydrogens is 228 g/mol. The molecule has 0 aromatic heterocycles. The predicted molar refractivity (Wildman–Crippen MR) is 70.5 cm³/mol. The number of fused-ring (bicyclic) bond motifs is 1. The van der Waals surface area contributed by atoms with Crippen LogP contribution in [0.25, 0.3) is 0 Å². The Morgan fingerprint density at radius 3 is 2.94 bits per heavy atom. The van der Waals surface area contributed by atoms with E-state index in [-0.39, 0.29) is 6.10 Å². The van der Waals surface area contributed by atoms with Crippen LogP contribution in [0.2, 0.25) is 0 Å². The van der Waals surface area contributed by atoms with Gasteiger partial charge in [-0.05, 0) is 32.2 Å². The zero-order valence-electron chi connectivity index (χ0n) is 11.4. The number of ether oxygens (including phenoxy) is 1. The molecule has 0 aromatic carbocycles. The minimum absolute atomic E-state index is 0.0416. The van der Waals surface area contributed by atoms with Crippen molar-refractivity contribution in [1.29, 1.82) is 0 Å². The first kappa shape index (κ1) is 12.9. The molecule has 4 unspecified atom stereocenters. The fourth-order valence-electron chi connectivity index (χ4n) is 4.28. The number of hydrogen-bond donors (Lipinski definition) is 2. The van der Waals surface area contributed by atoms with Gasteiger partial charge in [-0.2, -0.15) is 0 Å². The summed E-state index contributed by atoms with van der Waals surface area (Å²) >= 11 is 0. The van der Waals surface area contributed by atoms with Crippen LogP contribution in [0.4, 0.5) is 0 Å². The quantitative estimate of drug-likeness (QED) is 0.758. The van der Waals surface area contributed by atoms with Gasteiger partial charge in [-0.15, -0.1) is 0 Å². The summed E-state index contributed by atoms with van der Waals surface area (Å²) in [6.07, 6.45) is 3.37. The monoisotopic (exact) mass is 254 g/mol. The molecule has 2 saturated heterocycles. The van der Waals surface area contributed by atoms with Gasteiger partial charge in [0.05, 0.1) is 12.7 Å². The van der Waals surface area contributed by atoms with Crippen molar-refractivity contribution in [1.82, 2.24) is 10.2 Å². The van der Waals surface area contributed by atoms with E-state index < -0.39 is 0 Å². The van der Waals surface area contributed by atoms with Crippen LogP contribution in [-0.2, 0) is 4.74 Å². The van der Waals surface area contributed by atoms with Gasteiger partial charge in [0, 0.05) is 44.1 Å². The Labute approximate surface area is 110 Å². The number of rotatable bonds is 4. The van der Waals surface area contributed by atoms with Crippen LogP contribution in [0.3, 0.4) is 0 Å². The third-order valence-electron chi connectivity index (χ3n) is 5.19. The molecule has 3 fully saturated rings. The summed E-state index contributed by atoms with van der Waals surface area (Å²) in [5.41, 5.74) is 0.304. The molecule has 3 rings (SSSR count). The number of likely N-dealkylation sites (tertiary alicyclic amines) is 1. The molecule has 0 bridgehead atoms. The second-order valence-electron chi connectivity index (χ2n) is 6.60. The molecular formula is C14H26N2O2. The van der Waals surface area contributed by atoms with Crippen molar-refractivity contribution < 1.29 is 9.84 Å². The summed E-state index contributed by atoms with van der Waals surface area (Å²) in [5.74, 6) is 1.29. The van der Waals surface area contributed by atoms with E-state index in [1.54, 1.807) is 0 Å². The normalized spacial score (nSPS) is 44.7. The highest BCUT2D eigenvalue weighted by Crippen LogP contribution is 2.40. The molecule has 0 aromatic rings. The zero-order chi connectivity index (χ0) is 12.6. The maximum atomic E-state index is 9.98. The Morgan fingerprint density at radius 2 is 2.28 bits per heavy atom. The second-order valence-corrected chi connectivity index (χ2v) is 6.60. The van der Waals surface area contributed by atoms with Crippen molar-refractivity contribution in [3.63, 3.8) is 0 Å². The molecule has 0 spiro atoms. The Bertz CT molecular complexity index is 292. The molecule has 2 heterocycles. The molecule has 0 amide bonds. The Morgan fingerprint density at radius 1 is 1.39 bits per heavy atom. The molecule has 1 aliphatic carbocycles. The maximum Gasteiger partial charge on any atom is 0.0583 e. The van der Waals surface area contributed by atoms with Crippen LogP contribution in [0, 0.1) is 17.3 Å². The number of nitrogens with zero attached hydrogens (tertiary/aromatic N) is 1. The summed E-state index contributed by atoms with van der Waals surface area (Å²) in [7, 11) is 2.03. The van der Waals surface area contributed by atoms with Gasteiger partial charge in [0.2, 0.25) is 0 Å². The lowest BCUT2D eigenvalue weighted by atomic mass is 9.86. The van der Waals surface area contributed by atoms with Gasteiger partial charge in [-0.1, -0.05) is 0 Å². The highest BCUT2D eigenvalue weighted by molar-refractivity contribution is 4.97. The van der Waals surface area contributed by atoms with Gasteiger partial charge in [0.1, 0.15) is 0 Å². The van der Waals surface area contributed by atoms with Crippen molar-refractivity contribution in [2.75, 3.05) is 46.4 Å². The van der Waals surface area contributed by atoms with E-state index in [2.05, 4.69) is 10.2 Å². The topological polar surface area (TPSA) is 44.7 Å². The first-order chi connectivity index (χ1) is 8.72. The zero-order valence-corrected chi connectivity index (χ0v) is 11.4. The minimum Gasteiger partial charge on any atom is -0.393 e. The summed E-state index contributed by atoms with van der Waals surface area (Å²) in [4.78, 5) is 2.57. The van der Waals surface area contributed by atoms with E-state index in [1.807, 2.05) is 7.05 Å². The number of aliphatic hydroxyl groups excluding tert-OH is 1. The summed E-state index contributed by atoms with van der Waals surface area (Å²) in [6, 6.07) is 0. The number of aliphatic hydroxyl groups is 1. The molecule has 1 saturated carbocycles. The first-order valence-electron chi connectivity index (χ1n) is 7.35. The molecule has 18 heavy (non-hydrogen) atoms. The molecule has 4 atom stereocenters. The largest absolute Gasteiger partial charge is 0.393 e. The molecule has 0 radical (unpaired) electrons. The standard InChI is InChI=1S/C14H26N2O2/c1-15-8-14(4-5-18-10-14)9-16-6-11-2-3-13(17)12(11)7-16/h11-13,15,17H,2-10H2,1H3. The van der Waals surface area contributed by atoms with E-state index >= 15 is 0 Å². The fourth-order valence-corrected chi connectivity index (χ4v) is 4.28. The van der Waals surface area contributed by atoms with Crippen LogP contribution in [0.5, 0.6) is 0 Å². The van der Waals surface area contributed by atoms with Gasteiger partial charge >= 0.3 is 0 Å². The van der Waals surface area contributed by atoms with E-state index in [1.165, 1.54) is 19.4 Å². The molecule has 2 N–H and O–H groups in total. The average Bonchev–Trinajstić information content (AvgIpc) is 3.00. The first-order valence-corrected chi connectivity index (χ1v) is 7.35. The summed E-state index contributed by atoms with van der Waals surface area (Å²) in [6.45, 7) is 6.26. The molecule has 104 valence electrons.